The summed E-state index contributed by atoms with van der Waals surface area (Å²) >= 11 is 1.56. The predicted molar refractivity (Wildman–Crippen MR) is 80.3 cm³/mol. The van der Waals surface area contributed by atoms with Crippen molar-refractivity contribution in [3.8, 4) is 0 Å². The Bertz CT molecular complexity index is 566. The number of alkyl halides is 1. The summed E-state index contributed by atoms with van der Waals surface area (Å²) in [5.41, 5.74) is 1.96. The maximum absolute atomic E-state index is 13.8. The van der Waals surface area contributed by atoms with Crippen molar-refractivity contribution in [1.82, 2.24) is 15.0 Å². The number of hydrogen-bond acceptors (Lipinski definition) is 6. The maximum Gasteiger partial charge on any atom is 0.182 e. The minimum atomic E-state index is -0.770. The van der Waals surface area contributed by atoms with Crippen LogP contribution in [0.25, 0.3) is 0 Å². The molecule has 3 heterocycles. The van der Waals surface area contributed by atoms with Crippen molar-refractivity contribution in [2.45, 2.75) is 39.0 Å². The van der Waals surface area contributed by atoms with Gasteiger partial charge in [0.05, 0.1) is 5.69 Å². The summed E-state index contributed by atoms with van der Waals surface area (Å²) < 4.78 is 19.0. The molecule has 0 aliphatic carbocycles. The Morgan fingerprint density at radius 2 is 2.38 bits per heavy atom. The fourth-order valence-corrected chi connectivity index (χ4v) is 3.31. The monoisotopic (exact) mass is 310 g/mol. The van der Waals surface area contributed by atoms with Gasteiger partial charge in [-0.3, -0.25) is 4.90 Å². The van der Waals surface area contributed by atoms with Crippen LogP contribution in [0.15, 0.2) is 16.1 Å². The van der Waals surface area contributed by atoms with Crippen LogP contribution in [-0.2, 0) is 6.54 Å². The van der Waals surface area contributed by atoms with Crippen molar-refractivity contribution in [2.24, 2.45) is 0 Å². The van der Waals surface area contributed by atoms with Gasteiger partial charge in [0, 0.05) is 42.8 Å². The van der Waals surface area contributed by atoms with Crippen LogP contribution < -0.4 is 5.32 Å². The van der Waals surface area contributed by atoms with E-state index in [4.69, 9.17) is 4.52 Å². The quantitative estimate of drug-likeness (QED) is 0.920. The minimum absolute atomic E-state index is 0.164. The first kappa shape index (κ1) is 14.5. The highest BCUT2D eigenvalue weighted by molar-refractivity contribution is 7.13. The summed E-state index contributed by atoms with van der Waals surface area (Å²) in [7, 11) is 0. The van der Waals surface area contributed by atoms with E-state index in [1.807, 2.05) is 19.2 Å². The van der Waals surface area contributed by atoms with Crippen molar-refractivity contribution >= 4 is 16.5 Å². The zero-order valence-electron chi connectivity index (χ0n) is 12.2. The third kappa shape index (κ3) is 3.24. The van der Waals surface area contributed by atoms with E-state index in [0.29, 0.717) is 26.1 Å². The summed E-state index contributed by atoms with van der Waals surface area (Å²) in [6.07, 6.45) is 1.55. The Labute approximate surface area is 127 Å². The first-order chi connectivity index (χ1) is 10.1. The summed E-state index contributed by atoms with van der Waals surface area (Å²) in [6.45, 7) is 5.69. The van der Waals surface area contributed by atoms with Crippen LogP contribution in [0.1, 0.15) is 23.4 Å². The van der Waals surface area contributed by atoms with E-state index in [0.717, 1.165) is 22.1 Å². The smallest absolute Gasteiger partial charge is 0.182 e. The molecule has 2 atom stereocenters. The summed E-state index contributed by atoms with van der Waals surface area (Å²) in [5, 5.41) is 10.1. The van der Waals surface area contributed by atoms with Crippen LogP contribution in [0.5, 0.6) is 0 Å². The number of halogens is 1. The molecule has 2 aromatic rings. The SMILES string of the molecule is Cc1noc(C)c1CN1C[C@@H](F)C[C@H]1CNc1nccs1. The van der Waals surface area contributed by atoms with Gasteiger partial charge >= 0.3 is 0 Å². The molecule has 7 heteroatoms. The standard InChI is InChI=1S/C14H19FN4OS/c1-9-13(10(2)20-18-9)8-19-7-11(15)5-12(19)6-17-14-16-3-4-21-14/h3-4,11-12H,5-8H2,1-2H3,(H,16,17)/t11-,12-/m0/s1. The van der Waals surface area contributed by atoms with Crippen LogP contribution in [-0.4, -0.2) is 40.3 Å². The van der Waals surface area contributed by atoms with Gasteiger partial charge in [0.1, 0.15) is 11.9 Å². The third-order valence-corrected chi connectivity index (χ3v) is 4.67. The highest BCUT2D eigenvalue weighted by Crippen LogP contribution is 2.25. The number of aryl methyl sites for hydroxylation is 2. The van der Waals surface area contributed by atoms with Gasteiger partial charge in [-0.15, -0.1) is 11.3 Å². The molecule has 0 radical (unpaired) electrons. The number of nitrogens with one attached hydrogen (secondary N) is 1. The van der Waals surface area contributed by atoms with Gasteiger partial charge in [0.25, 0.3) is 0 Å². The predicted octanol–water partition coefficient (Wildman–Crippen LogP) is 2.77. The lowest BCUT2D eigenvalue weighted by atomic mass is 10.1. The van der Waals surface area contributed by atoms with Crippen molar-refractivity contribution in [3.63, 3.8) is 0 Å². The second kappa shape index (κ2) is 6.11. The second-order valence-electron chi connectivity index (χ2n) is 5.44. The van der Waals surface area contributed by atoms with Crippen LogP contribution in [0.4, 0.5) is 9.52 Å². The number of aromatic nitrogens is 2. The van der Waals surface area contributed by atoms with Gasteiger partial charge in [-0.25, -0.2) is 9.37 Å². The molecule has 0 unspecified atom stereocenters. The van der Waals surface area contributed by atoms with E-state index in [1.165, 1.54) is 0 Å². The molecule has 1 fully saturated rings. The largest absolute Gasteiger partial charge is 0.361 e. The summed E-state index contributed by atoms with van der Waals surface area (Å²) in [6, 6.07) is 0.164. The molecule has 3 rings (SSSR count). The second-order valence-corrected chi connectivity index (χ2v) is 6.33. The van der Waals surface area contributed by atoms with Gasteiger partial charge in [-0.2, -0.15) is 0 Å². The van der Waals surface area contributed by atoms with Crippen molar-refractivity contribution in [3.05, 3.63) is 28.6 Å². The van der Waals surface area contributed by atoms with Gasteiger partial charge in [0.2, 0.25) is 0 Å². The van der Waals surface area contributed by atoms with E-state index in [-0.39, 0.29) is 6.04 Å². The molecule has 0 amide bonds. The number of thiazole rings is 1. The number of hydrogen-bond donors (Lipinski definition) is 1. The minimum Gasteiger partial charge on any atom is -0.361 e. The average Bonchev–Trinajstić information content (AvgIpc) is 3.14. The Morgan fingerprint density at radius 3 is 3.05 bits per heavy atom. The van der Waals surface area contributed by atoms with Gasteiger partial charge in [-0.05, 0) is 20.3 Å². The molecule has 1 N–H and O–H groups in total. The molecule has 0 saturated carbocycles. The van der Waals surface area contributed by atoms with E-state index in [2.05, 4.69) is 20.4 Å². The molecule has 1 aliphatic rings. The Hall–Kier alpha value is -1.47. The molecule has 1 saturated heterocycles. The lowest BCUT2D eigenvalue weighted by Crippen LogP contribution is -2.34. The van der Waals surface area contributed by atoms with Crippen LogP contribution in [0.3, 0.4) is 0 Å². The van der Waals surface area contributed by atoms with Gasteiger partial charge in [0.15, 0.2) is 5.13 Å². The van der Waals surface area contributed by atoms with E-state index < -0.39 is 6.17 Å². The lowest BCUT2D eigenvalue weighted by Gasteiger charge is -2.24. The van der Waals surface area contributed by atoms with Gasteiger partial charge in [-0.1, -0.05) is 5.16 Å². The Balaban J connectivity index is 1.65. The molecule has 0 spiro atoms. The molecule has 0 bridgehead atoms. The molecule has 2 aromatic heterocycles. The van der Waals surface area contributed by atoms with Gasteiger partial charge < -0.3 is 9.84 Å². The third-order valence-electron chi connectivity index (χ3n) is 3.94. The van der Waals surface area contributed by atoms with E-state index in [9.17, 15) is 4.39 Å². The van der Waals surface area contributed by atoms with Crippen LogP contribution >= 0.6 is 11.3 Å². The Morgan fingerprint density at radius 1 is 1.52 bits per heavy atom. The van der Waals surface area contributed by atoms with Crippen LogP contribution in [0, 0.1) is 13.8 Å². The summed E-state index contributed by atoms with van der Waals surface area (Å²) in [5.74, 6) is 0.821. The van der Waals surface area contributed by atoms with Crippen molar-refractivity contribution < 1.29 is 8.91 Å². The average molecular weight is 310 g/mol. The molecule has 0 aromatic carbocycles. The van der Waals surface area contributed by atoms with Crippen molar-refractivity contribution in [1.29, 1.82) is 0 Å². The number of nitrogens with zero attached hydrogens (tertiary/aromatic N) is 3. The molecule has 1 aliphatic heterocycles. The summed E-state index contributed by atoms with van der Waals surface area (Å²) in [4.78, 5) is 6.36. The van der Waals surface area contributed by atoms with Crippen LogP contribution in [0.2, 0.25) is 0 Å². The number of likely N-dealkylation sites (tertiary alicyclic amines) is 1. The van der Waals surface area contributed by atoms with E-state index in [1.54, 1.807) is 17.5 Å². The molecule has 114 valence electrons. The fourth-order valence-electron chi connectivity index (χ4n) is 2.78. The normalized spacial score (nSPS) is 22.8. The number of anilines is 1. The molecular formula is C14H19FN4OS. The fraction of sp³-hybridized carbons (Fsp3) is 0.571. The topological polar surface area (TPSA) is 54.2 Å². The first-order valence-electron chi connectivity index (χ1n) is 7.06. The molecule has 5 nitrogen and oxygen atoms in total. The first-order valence-corrected chi connectivity index (χ1v) is 7.94. The molecular weight excluding hydrogens is 291 g/mol. The van der Waals surface area contributed by atoms with Crippen molar-refractivity contribution in [2.75, 3.05) is 18.4 Å². The molecule has 21 heavy (non-hydrogen) atoms. The van der Waals surface area contributed by atoms with E-state index >= 15 is 0 Å². The zero-order chi connectivity index (χ0) is 14.8. The highest BCUT2D eigenvalue weighted by atomic mass is 32.1. The zero-order valence-corrected chi connectivity index (χ0v) is 13.0. The maximum atomic E-state index is 13.8. The Kier molecular flexibility index (Phi) is 4.21. The lowest BCUT2D eigenvalue weighted by molar-refractivity contribution is 0.239. The number of rotatable bonds is 5. The highest BCUT2D eigenvalue weighted by Gasteiger charge is 2.33.